The van der Waals surface area contributed by atoms with Crippen LogP contribution >= 0.6 is 11.6 Å². The molecule has 0 saturated carbocycles. The third kappa shape index (κ3) is 2.70. The Balaban J connectivity index is 2.03. The number of hydrogen-bond acceptors (Lipinski definition) is 2. The minimum atomic E-state index is 0.518. The van der Waals surface area contributed by atoms with Gasteiger partial charge in [-0.15, -0.1) is 0 Å². The maximum absolute atomic E-state index is 5.90. The summed E-state index contributed by atoms with van der Waals surface area (Å²) in [6.45, 7) is 0.518. The van der Waals surface area contributed by atoms with Crippen molar-refractivity contribution >= 4 is 11.6 Å². The summed E-state index contributed by atoms with van der Waals surface area (Å²) in [6.07, 6.45) is 3.23. The molecule has 0 fully saturated rings. The van der Waals surface area contributed by atoms with E-state index in [-0.39, 0.29) is 0 Å². The highest BCUT2D eigenvalue weighted by molar-refractivity contribution is 6.31. The molecule has 0 spiro atoms. The first kappa shape index (κ1) is 9.99. The lowest BCUT2D eigenvalue weighted by Gasteiger charge is -2.06. The van der Waals surface area contributed by atoms with Gasteiger partial charge in [-0.3, -0.25) is 4.98 Å². The van der Waals surface area contributed by atoms with Crippen molar-refractivity contribution in [3.05, 3.63) is 59.4 Å². The predicted octanol–water partition coefficient (Wildman–Crippen LogP) is 3.31. The molecule has 0 saturated heterocycles. The van der Waals surface area contributed by atoms with Gasteiger partial charge in [0.05, 0.1) is 0 Å². The van der Waals surface area contributed by atoms with Crippen molar-refractivity contribution in [2.75, 3.05) is 0 Å². The van der Waals surface area contributed by atoms with Crippen LogP contribution in [0.15, 0.2) is 48.8 Å². The molecule has 0 bridgehead atoms. The van der Waals surface area contributed by atoms with Crippen LogP contribution in [0.4, 0.5) is 0 Å². The van der Waals surface area contributed by atoms with E-state index < -0.39 is 0 Å². The summed E-state index contributed by atoms with van der Waals surface area (Å²) in [5.41, 5.74) is 1.12. The zero-order valence-corrected chi connectivity index (χ0v) is 8.82. The number of aromatic nitrogens is 1. The van der Waals surface area contributed by atoms with Crippen molar-refractivity contribution in [2.45, 2.75) is 6.61 Å². The van der Waals surface area contributed by atoms with E-state index in [1.165, 1.54) is 0 Å². The maximum Gasteiger partial charge on any atom is 0.141 e. The number of hydrogen-bond donors (Lipinski definition) is 0. The van der Waals surface area contributed by atoms with Crippen LogP contribution in [-0.4, -0.2) is 4.98 Å². The summed E-state index contributed by atoms with van der Waals surface area (Å²) >= 11 is 5.90. The molecule has 1 heterocycles. The lowest BCUT2D eigenvalue weighted by atomic mass is 10.2. The zero-order chi connectivity index (χ0) is 10.5. The van der Waals surface area contributed by atoms with Crippen molar-refractivity contribution in [3.8, 4) is 5.75 Å². The summed E-state index contributed by atoms with van der Waals surface area (Å²) in [7, 11) is 0. The van der Waals surface area contributed by atoms with Crippen molar-refractivity contribution < 1.29 is 4.74 Å². The first-order valence-corrected chi connectivity index (χ1v) is 5.00. The molecule has 15 heavy (non-hydrogen) atoms. The fourth-order valence-electron chi connectivity index (χ4n) is 1.21. The minimum absolute atomic E-state index is 0.518. The van der Waals surface area contributed by atoms with Gasteiger partial charge in [-0.1, -0.05) is 41.9 Å². The first-order valence-electron chi connectivity index (χ1n) is 4.62. The van der Waals surface area contributed by atoms with E-state index in [1.807, 2.05) is 30.3 Å². The molecule has 0 aliphatic carbocycles. The SMILES string of the molecule is Clc1cnccc1OCc1ccccc1. The van der Waals surface area contributed by atoms with Crippen molar-refractivity contribution in [1.82, 2.24) is 4.98 Å². The highest BCUT2D eigenvalue weighted by Gasteiger charge is 2.00. The molecule has 1 aromatic carbocycles. The Morgan fingerprint density at radius 3 is 2.67 bits per heavy atom. The lowest BCUT2D eigenvalue weighted by Crippen LogP contribution is -1.95. The summed E-state index contributed by atoms with van der Waals surface area (Å²) in [5, 5.41) is 0.536. The van der Waals surface area contributed by atoms with E-state index in [0.717, 1.165) is 5.56 Å². The Morgan fingerprint density at radius 1 is 1.13 bits per heavy atom. The molecule has 0 radical (unpaired) electrons. The van der Waals surface area contributed by atoms with Gasteiger partial charge in [-0.05, 0) is 5.56 Å². The molecule has 3 heteroatoms. The minimum Gasteiger partial charge on any atom is -0.487 e. The maximum atomic E-state index is 5.90. The zero-order valence-electron chi connectivity index (χ0n) is 8.06. The number of ether oxygens (including phenoxy) is 1. The van der Waals surface area contributed by atoms with Gasteiger partial charge < -0.3 is 4.74 Å². The smallest absolute Gasteiger partial charge is 0.141 e. The van der Waals surface area contributed by atoms with Crippen LogP contribution in [0, 0.1) is 0 Å². The van der Waals surface area contributed by atoms with Crippen LogP contribution in [0.2, 0.25) is 5.02 Å². The molecular formula is C12H10ClNO. The highest BCUT2D eigenvalue weighted by Crippen LogP contribution is 2.22. The standard InChI is InChI=1S/C12H10ClNO/c13-11-8-14-7-6-12(11)15-9-10-4-2-1-3-5-10/h1-8H,9H2. The monoisotopic (exact) mass is 219 g/mol. The average molecular weight is 220 g/mol. The van der Waals surface area contributed by atoms with Gasteiger partial charge >= 0.3 is 0 Å². The van der Waals surface area contributed by atoms with Crippen LogP contribution in [0.1, 0.15) is 5.56 Å². The third-order valence-electron chi connectivity index (χ3n) is 1.97. The van der Waals surface area contributed by atoms with Gasteiger partial charge in [0.25, 0.3) is 0 Å². The molecule has 2 aromatic rings. The van der Waals surface area contributed by atoms with E-state index in [1.54, 1.807) is 18.5 Å². The fourth-order valence-corrected chi connectivity index (χ4v) is 1.39. The Bertz CT molecular complexity index is 431. The van der Waals surface area contributed by atoms with E-state index in [9.17, 15) is 0 Å². The van der Waals surface area contributed by atoms with Gasteiger partial charge in [0.1, 0.15) is 17.4 Å². The average Bonchev–Trinajstić information content (AvgIpc) is 2.29. The molecular weight excluding hydrogens is 210 g/mol. The first-order chi connectivity index (χ1) is 7.36. The van der Waals surface area contributed by atoms with Gasteiger partial charge in [0, 0.05) is 18.5 Å². The van der Waals surface area contributed by atoms with Gasteiger partial charge in [0.2, 0.25) is 0 Å². The number of benzene rings is 1. The van der Waals surface area contributed by atoms with Gasteiger partial charge in [0.15, 0.2) is 0 Å². The molecule has 76 valence electrons. The normalized spacial score (nSPS) is 9.93. The molecule has 1 aromatic heterocycles. The fraction of sp³-hybridized carbons (Fsp3) is 0.0833. The molecule has 0 unspecified atom stereocenters. The largest absolute Gasteiger partial charge is 0.487 e. The van der Waals surface area contributed by atoms with E-state index in [2.05, 4.69) is 4.98 Å². The second kappa shape index (κ2) is 4.80. The summed E-state index contributed by atoms with van der Waals surface area (Å²) in [5.74, 6) is 0.663. The van der Waals surface area contributed by atoms with Crippen LogP contribution in [-0.2, 0) is 6.61 Å². The lowest BCUT2D eigenvalue weighted by molar-refractivity contribution is 0.306. The Morgan fingerprint density at radius 2 is 1.93 bits per heavy atom. The molecule has 2 nitrogen and oxygen atoms in total. The highest BCUT2D eigenvalue weighted by atomic mass is 35.5. The molecule has 0 N–H and O–H groups in total. The molecule has 0 aliphatic heterocycles. The Kier molecular flexibility index (Phi) is 3.20. The van der Waals surface area contributed by atoms with Gasteiger partial charge in [-0.25, -0.2) is 0 Å². The Labute approximate surface area is 93.5 Å². The topological polar surface area (TPSA) is 22.1 Å². The van der Waals surface area contributed by atoms with Crippen molar-refractivity contribution in [2.24, 2.45) is 0 Å². The van der Waals surface area contributed by atoms with Crippen molar-refractivity contribution in [3.63, 3.8) is 0 Å². The Hall–Kier alpha value is -1.54. The molecule has 0 amide bonds. The number of halogens is 1. The number of rotatable bonds is 3. The van der Waals surface area contributed by atoms with Crippen LogP contribution < -0.4 is 4.74 Å². The second-order valence-corrected chi connectivity index (χ2v) is 3.49. The summed E-state index contributed by atoms with van der Waals surface area (Å²) in [6, 6.07) is 11.7. The van der Waals surface area contributed by atoms with E-state index in [0.29, 0.717) is 17.4 Å². The van der Waals surface area contributed by atoms with Crippen LogP contribution in [0.25, 0.3) is 0 Å². The quantitative estimate of drug-likeness (QED) is 0.790. The second-order valence-electron chi connectivity index (χ2n) is 3.08. The van der Waals surface area contributed by atoms with Crippen LogP contribution in [0.5, 0.6) is 5.75 Å². The molecule has 0 atom stereocenters. The summed E-state index contributed by atoms with van der Waals surface area (Å²) in [4.78, 5) is 3.89. The predicted molar refractivity (Wildman–Crippen MR) is 60.0 cm³/mol. The number of nitrogens with zero attached hydrogens (tertiary/aromatic N) is 1. The third-order valence-corrected chi connectivity index (χ3v) is 2.26. The van der Waals surface area contributed by atoms with E-state index >= 15 is 0 Å². The molecule has 2 rings (SSSR count). The summed E-state index contributed by atoms with van der Waals surface area (Å²) < 4.78 is 5.55. The van der Waals surface area contributed by atoms with Gasteiger partial charge in [-0.2, -0.15) is 0 Å². The molecule has 0 aliphatic rings. The number of pyridine rings is 1. The van der Waals surface area contributed by atoms with Crippen molar-refractivity contribution in [1.29, 1.82) is 0 Å². The van der Waals surface area contributed by atoms with Crippen LogP contribution in [0.3, 0.4) is 0 Å². The van der Waals surface area contributed by atoms with E-state index in [4.69, 9.17) is 16.3 Å².